The van der Waals surface area contributed by atoms with Gasteiger partial charge in [0.15, 0.2) is 0 Å². The summed E-state index contributed by atoms with van der Waals surface area (Å²) in [6.45, 7) is 0.0105. The van der Waals surface area contributed by atoms with Gasteiger partial charge in [0, 0.05) is 18.0 Å². The highest BCUT2D eigenvalue weighted by molar-refractivity contribution is 7.92. The molecule has 29 heavy (non-hydrogen) atoms. The van der Waals surface area contributed by atoms with Gasteiger partial charge in [-0.3, -0.25) is 4.31 Å². The van der Waals surface area contributed by atoms with Crippen LogP contribution in [0.3, 0.4) is 0 Å². The van der Waals surface area contributed by atoms with Crippen LogP contribution in [0.25, 0.3) is 11.1 Å². The van der Waals surface area contributed by atoms with Crippen LogP contribution in [0.2, 0.25) is 0 Å². The summed E-state index contributed by atoms with van der Waals surface area (Å²) in [4.78, 5) is 7.14. The largest absolute Gasteiger partial charge is 0.347 e. The van der Waals surface area contributed by atoms with Gasteiger partial charge < -0.3 is 4.98 Å². The van der Waals surface area contributed by atoms with Crippen molar-refractivity contribution >= 4 is 15.7 Å². The summed E-state index contributed by atoms with van der Waals surface area (Å²) in [5, 5.41) is 0. The van der Waals surface area contributed by atoms with Crippen molar-refractivity contribution in [3.8, 4) is 11.1 Å². The average Bonchev–Trinajstić information content (AvgIpc) is 3.26. The van der Waals surface area contributed by atoms with Gasteiger partial charge in [0.2, 0.25) is 0 Å². The fourth-order valence-corrected chi connectivity index (χ4v) is 4.55. The van der Waals surface area contributed by atoms with Crippen molar-refractivity contribution in [2.75, 3.05) is 4.31 Å². The smallest absolute Gasteiger partial charge is 0.264 e. The van der Waals surface area contributed by atoms with E-state index in [1.807, 2.05) is 42.5 Å². The fraction of sp³-hybridized carbons (Fsp3) is 0.0455. The maximum Gasteiger partial charge on any atom is 0.264 e. The third-order valence-corrected chi connectivity index (χ3v) is 6.28. The lowest BCUT2D eigenvalue weighted by Gasteiger charge is -2.26. The van der Waals surface area contributed by atoms with Gasteiger partial charge in [-0.05, 0) is 35.9 Å². The van der Waals surface area contributed by atoms with Gasteiger partial charge in [0.1, 0.15) is 11.6 Å². The highest BCUT2D eigenvalue weighted by atomic mass is 32.2. The van der Waals surface area contributed by atoms with Crippen LogP contribution in [-0.2, 0) is 16.6 Å². The number of rotatable bonds is 6. The zero-order chi connectivity index (χ0) is 20.3. The zero-order valence-corrected chi connectivity index (χ0v) is 16.2. The molecule has 0 aliphatic carbocycles. The van der Waals surface area contributed by atoms with Gasteiger partial charge in [0.05, 0.1) is 17.1 Å². The lowest BCUT2D eigenvalue weighted by atomic mass is 10.0. The van der Waals surface area contributed by atoms with E-state index in [0.717, 1.165) is 23.3 Å². The molecule has 0 aliphatic rings. The third-order valence-electron chi connectivity index (χ3n) is 4.51. The minimum absolute atomic E-state index is 0.00770. The number of H-pyrrole nitrogens is 1. The summed E-state index contributed by atoms with van der Waals surface area (Å²) < 4.78 is 41.7. The van der Waals surface area contributed by atoms with Gasteiger partial charge >= 0.3 is 0 Å². The summed E-state index contributed by atoms with van der Waals surface area (Å²) in [6, 6.07) is 21.7. The topological polar surface area (TPSA) is 66.1 Å². The first kappa shape index (κ1) is 18.9. The van der Waals surface area contributed by atoms with Gasteiger partial charge in [-0.1, -0.05) is 48.5 Å². The molecule has 4 aromatic rings. The van der Waals surface area contributed by atoms with Crippen LogP contribution < -0.4 is 4.31 Å². The number of anilines is 1. The first-order valence-electron chi connectivity index (χ1n) is 8.97. The van der Waals surface area contributed by atoms with Crippen molar-refractivity contribution in [1.29, 1.82) is 0 Å². The van der Waals surface area contributed by atoms with Crippen molar-refractivity contribution in [2.24, 2.45) is 0 Å². The van der Waals surface area contributed by atoms with E-state index in [4.69, 9.17) is 0 Å². The number of aromatic nitrogens is 2. The Morgan fingerprint density at radius 3 is 2.28 bits per heavy atom. The minimum atomic E-state index is -3.97. The van der Waals surface area contributed by atoms with E-state index in [0.29, 0.717) is 11.5 Å². The monoisotopic (exact) mass is 407 g/mol. The van der Waals surface area contributed by atoms with E-state index < -0.39 is 15.8 Å². The molecule has 0 unspecified atom stereocenters. The number of halogens is 1. The highest BCUT2D eigenvalue weighted by Gasteiger charge is 2.28. The Hall–Kier alpha value is -3.45. The Bertz CT molecular complexity index is 1190. The third kappa shape index (κ3) is 3.90. The van der Waals surface area contributed by atoms with Crippen LogP contribution in [0.15, 0.2) is 96.2 Å². The van der Waals surface area contributed by atoms with E-state index in [2.05, 4.69) is 9.97 Å². The molecule has 0 fully saturated rings. The van der Waals surface area contributed by atoms with Crippen LogP contribution in [-0.4, -0.2) is 18.4 Å². The predicted molar refractivity (Wildman–Crippen MR) is 110 cm³/mol. The number of nitrogens with zero attached hydrogens (tertiary/aromatic N) is 2. The summed E-state index contributed by atoms with van der Waals surface area (Å²) in [6.07, 6.45) is 3.21. The number of imidazole rings is 1. The Labute approximate surface area is 168 Å². The van der Waals surface area contributed by atoms with Gasteiger partial charge in [-0.2, -0.15) is 0 Å². The van der Waals surface area contributed by atoms with Crippen LogP contribution in [0.5, 0.6) is 0 Å². The molecule has 0 spiro atoms. The quantitative estimate of drug-likeness (QED) is 0.508. The molecule has 0 saturated carbocycles. The summed E-state index contributed by atoms with van der Waals surface area (Å²) in [5.74, 6) is 0.00442. The molecule has 5 nitrogen and oxygen atoms in total. The highest BCUT2D eigenvalue weighted by Crippen LogP contribution is 2.34. The van der Waals surface area contributed by atoms with E-state index in [-0.39, 0.29) is 11.4 Å². The number of benzene rings is 3. The average molecular weight is 407 g/mol. The maximum atomic E-state index is 13.5. The number of para-hydroxylation sites is 1. The van der Waals surface area contributed by atoms with Gasteiger partial charge in [0.25, 0.3) is 10.0 Å². The molecular weight excluding hydrogens is 389 g/mol. The molecule has 0 aliphatic heterocycles. The van der Waals surface area contributed by atoms with E-state index in [1.54, 1.807) is 24.5 Å². The molecule has 0 radical (unpaired) electrons. The van der Waals surface area contributed by atoms with Crippen molar-refractivity contribution < 1.29 is 12.8 Å². The number of nitrogens with one attached hydrogen (secondary N) is 1. The van der Waals surface area contributed by atoms with Gasteiger partial charge in [-0.15, -0.1) is 0 Å². The fourth-order valence-electron chi connectivity index (χ4n) is 3.11. The van der Waals surface area contributed by atoms with E-state index in [1.165, 1.54) is 16.4 Å². The van der Waals surface area contributed by atoms with Crippen LogP contribution in [0.1, 0.15) is 5.82 Å². The second-order valence-corrected chi connectivity index (χ2v) is 8.25. The predicted octanol–water partition coefficient (Wildman–Crippen LogP) is 4.61. The van der Waals surface area contributed by atoms with Crippen molar-refractivity contribution in [3.05, 3.63) is 103 Å². The molecular formula is C22H18FN3O2S. The second-order valence-electron chi connectivity index (χ2n) is 6.38. The molecule has 3 aromatic carbocycles. The van der Waals surface area contributed by atoms with Gasteiger partial charge in [-0.25, -0.2) is 17.8 Å². The molecule has 4 rings (SSSR count). The maximum absolute atomic E-state index is 13.5. The first-order valence-corrected chi connectivity index (χ1v) is 10.4. The molecule has 0 atom stereocenters. The molecule has 0 bridgehead atoms. The van der Waals surface area contributed by atoms with Crippen molar-refractivity contribution in [2.45, 2.75) is 11.4 Å². The SMILES string of the molecule is O=S(=O)(c1ccc(F)cc1)N(Cc1ncc[nH]1)c1ccccc1-c1ccccc1. The summed E-state index contributed by atoms with van der Waals surface area (Å²) in [7, 11) is -3.97. The number of hydrogen-bond donors (Lipinski definition) is 1. The Morgan fingerprint density at radius 2 is 1.59 bits per heavy atom. The van der Waals surface area contributed by atoms with Crippen LogP contribution >= 0.6 is 0 Å². The van der Waals surface area contributed by atoms with Crippen LogP contribution in [0.4, 0.5) is 10.1 Å². The molecule has 7 heteroatoms. The number of aromatic amines is 1. The molecule has 0 saturated heterocycles. The Morgan fingerprint density at radius 1 is 0.897 bits per heavy atom. The molecule has 146 valence electrons. The standard InChI is InChI=1S/C22H18FN3O2S/c23-18-10-12-19(13-11-18)29(27,28)26(16-22-24-14-15-25-22)21-9-5-4-8-20(21)17-6-2-1-3-7-17/h1-15H,16H2,(H,24,25). The lowest BCUT2D eigenvalue weighted by Crippen LogP contribution is -2.31. The van der Waals surface area contributed by atoms with Crippen LogP contribution in [0, 0.1) is 5.82 Å². The summed E-state index contributed by atoms with van der Waals surface area (Å²) in [5.41, 5.74) is 2.17. The van der Waals surface area contributed by atoms with Crippen molar-refractivity contribution in [1.82, 2.24) is 9.97 Å². The summed E-state index contributed by atoms with van der Waals surface area (Å²) >= 11 is 0. The normalized spacial score (nSPS) is 11.3. The lowest BCUT2D eigenvalue weighted by molar-refractivity contribution is 0.588. The molecule has 1 aromatic heterocycles. The second kappa shape index (κ2) is 7.89. The number of hydrogen-bond acceptors (Lipinski definition) is 3. The number of sulfonamides is 1. The minimum Gasteiger partial charge on any atom is -0.347 e. The molecule has 0 amide bonds. The van der Waals surface area contributed by atoms with E-state index in [9.17, 15) is 12.8 Å². The van der Waals surface area contributed by atoms with Crippen molar-refractivity contribution in [3.63, 3.8) is 0 Å². The Kier molecular flexibility index (Phi) is 5.14. The molecule has 1 N–H and O–H groups in total. The first-order chi connectivity index (χ1) is 14.1. The Balaban J connectivity index is 1.88. The molecule has 1 heterocycles. The zero-order valence-electron chi connectivity index (χ0n) is 15.4. The van der Waals surface area contributed by atoms with E-state index >= 15 is 0 Å².